The van der Waals surface area contributed by atoms with E-state index in [9.17, 15) is 9.18 Å². The number of Topliss-reactive ketones (excluding diaryl/α,β-unsaturated/α-hetero) is 1. The first-order valence-electron chi connectivity index (χ1n) is 6.71. The van der Waals surface area contributed by atoms with Gasteiger partial charge in [-0.25, -0.2) is 4.39 Å². The van der Waals surface area contributed by atoms with Crippen molar-refractivity contribution >= 4 is 5.78 Å². The minimum absolute atomic E-state index is 0.0232. The molecule has 1 unspecified atom stereocenters. The van der Waals surface area contributed by atoms with Crippen LogP contribution in [-0.4, -0.2) is 43.0 Å². The Labute approximate surface area is 117 Å². The van der Waals surface area contributed by atoms with Crippen molar-refractivity contribution in [2.75, 3.05) is 26.2 Å². The predicted octanol–water partition coefficient (Wildman–Crippen LogP) is 2.01. The molecule has 1 aromatic carbocycles. The van der Waals surface area contributed by atoms with E-state index in [1.165, 1.54) is 24.3 Å². The maximum Gasteiger partial charge on any atom is 0.162 e. The molecule has 106 valence electrons. The average molecular weight is 276 g/mol. The largest absolute Gasteiger partial charge is 0.361 e. The van der Waals surface area contributed by atoms with Crippen molar-refractivity contribution in [3.8, 4) is 6.07 Å². The molecule has 0 radical (unpaired) electrons. The summed E-state index contributed by atoms with van der Waals surface area (Å²) in [6.07, 6.45) is 0.797. The molecule has 1 aliphatic heterocycles. The lowest BCUT2D eigenvalue weighted by Crippen LogP contribution is -2.42. The van der Waals surface area contributed by atoms with Crippen molar-refractivity contribution in [1.29, 1.82) is 5.26 Å². The van der Waals surface area contributed by atoms with Crippen LogP contribution in [0, 0.1) is 17.1 Å². The highest BCUT2D eigenvalue weighted by Gasteiger charge is 2.19. The number of carbonyl (C=O) groups is 1. The SMILES string of the molecule is N#CC1CN(CCCC(=O)c2ccc(F)cc2)CCO1. The van der Waals surface area contributed by atoms with Crippen molar-refractivity contribution < 1.29 is 13.9 Å². The molecular formula is C15H17FN2O2. The fraction of sp³-hybridized carbons (Fsp3) is 0.467. The van der Waals surface area contributed by atoms with Gasteiger partial charge in [-0.05, 0) is 37.2 Å². The Kier molecular flexibility index (Phi) is 5.22. The molecule has 0 N–H and O–H groups in total. The molecule has 1 fully saturated rings. The Morgan fingerprint density at radius 1 is 1.45 bits per heavy atom. The topological polar surface area (TPSA) is 53.3 Å². The van der Waals surface area contributed by atoms with Crippen molar-refractivity contribution in [2.24, 2.45) is 0 Å². The molecule has 0 saturated carbocycles. The van der Waals surface area contributed by atoms with Crippen molar-refractivity contribution in [3.63, 3.8) is 0 Å². The Morgan fingerprint density at radius 2 is 2.20 bits per heavy atom. The van der Waals surface area contributed by atoms with Crippen LogP contribution < -0.4 is 0 Å². The van der Waals surface area contributed by atoms with Gasteiger partial charge < -0.3 is 4.74 Å². The average Bonchev–Trinajstić information content (AvgIpc) is 2.48. The number of ketones is 1. The zero-order valence-corrected chi connectivity index (χ0v) is 11.2. The highest BCUT2D eigenvalue weighted by atomic mass is 19.1. The molecular weight excluding hydrogens is 259 g/mol. The third kappa shape index (κ3) is 4.12. The van der Waals surface area contributed by atoms with Crippen LogP contribution in [0.25, 0.3) is 0 Å². The van der Waals surface area contributed by atoms with Crippen LogP contribution in [0.4, 0.5) is 4.39 Å². The summed E-state index contributed by atoms with van der Waals surface area (Å²) < 4.78 is 18.0. The third-order valence-corrected chi connectivity index (χ3v) is 3.34. The lowest BCUT2D eigenvalue weighted by Gasteiger charge is -2.29. The maximum absolute atomic E-state index is 12.8. The lowest BCUT2D eigenvalue weighted by atomic mass is 10.1. The van der Waals surface area contributed by atoms with E-state index in [1.54, 1.807) is 0 Å². The summed E-state index contributed by atoms with van der Waals surface area (Å²) in [7, 11) is 0. The molecule has 5 heteroatoms. The second-order valence-electron chi connectivity index (χ2n) is 4.82. The van der Waals surface area contributed by atoms with Gasteiger partial charge in [-0.3, -0.25) is 9.69 Å². The number of nitriles is 1. The number of morpholine rings is 1. The van der Waals surface area contributed by atoms with Gasteiger partial charge in [0.05, 0.1) is 12.7 Å². The number of hydrogen-bond donors (Lipinski definition) is 0. The summed E-state index contributed by atoms with van der Waals surface area (Å²) in [6, 6.07) is 7.72. The normalized spacial score (nSPS) is 19.5. The van der Waals surface area contributed by atoms with Gasteiger partial charge in [-0.2, -0.15) is 5.26 Å². The molecule has 0 aliphatic carbocycles. The minimum Gasteiger partial charge on any atom is -0.361 e. The standard InChI is InChI=1S/C15H17FN2O2/c16-13-5-3-12(4-6-13)15(19)2-1-7-18-8-9-20-14(10-17)11-18/h3-6,14H,1-2,7-9,11H2. The minimum atomic E-state index is -0.364. The van der Waals surface area contributed by atoms with E-state index in [2.05, 4.69) is 11.0 Å². The summed E-state index contributed by atoms with van der Waals surface area (Å²) in [5, 5.41) is 8.81. The van der Waals surface area contributed by atoms with Crippen LogP contribution in [0.2, 0.25) is 0 Å². The summed E-state index contributed by atoms with van der Waals surface area (Å²) in [5.41, 5.74) is 0.545. The summed E-state index contributed by atoms with van der Waals surface area (Å²) in [5.74, 6) is -0.312. The molecule has 1 saturated heterocycles. The van der Waals surface area contributed by atoms with Crippen LogP contribution in [0.3, 0.4) is 0 Å². The maximum atomic E-state index is 12.8. The summed E-state index contributed by atoms with van der Waals surface area (Å²) in [6.45, 7) is 2.72. The number of halogens is 1. The molecule has 1 heterocycles. The first-order chi connectivity index (χ1) is 9.69. The van der Waals surface area contributed by atoms with Crippen LogP contribution in [0.1, 0.15) is 23.2 Å². The van der Waals surface area contributed by atoms with Gasteiger partial charge in [0.15, 0.2) is 11.9 Å². The Morgan fingerprint density at radius 3 is 2.90 bits per heavy atom. The van der Waals surface area contributed by atoms with E-state index in [-0.39, 0.29) is 17.7 Å². The van der Waals surface area contributed by atoms with Crippen LogP contribution in [0.5, 0.6) is 0 Å². The molecule has 1 aliphatic rings. The Balaban J connectivity index is 1.74. The van der Waals surface area contributed by atoms with E-state index < -0.39 is 0 Å². The number of rotatable bonds is 5. The lowest BCUT2D eigenvalue weighted by molar-refractivity contribution is 0.000206. The van der Waals surface area contributed by atoms with Gasteiger partial charge in [-0.1, -0.05) is 0 Å². The van der Waals surface area contributed by atoms with Gasteiger partial charge in [0, 0.05) is 25.1 Å². The van der Waals surface area contributed by atoms with Gasteiger partial charge in [-0.15, -0.1) is 0 Å². The Bertz CT molecular complexity index is 496. The first kappa shape index (κ1) is 14.6. The molecule has 2 rings (SSSR count). The molecule has 1 aromatic rings. The number of ether oxygens (including phenoxy) is 1. The molecule has 0 spiro atoms. The van der Waals surface area contributed by atoms with Crippen LogP contribution >= 0.6 is 0 Å². The quantitative estimate of drug-likeness (QED) is 0.772. The highest BCUT2D eigenvalue weighted by Crippen LogP contribution is 2.10. The van der Waals surface area contributed by atoms with E-state index in [4.69, 9.17) is 10.00 Å². The van der Waals surface area contributed by atoms with E-state index >= 15 is 0 Å². The van der Waals surface area contributed by atoms with E-state index in [1.807, 2.05) is 0 Å². The highest BCUT2D eigenvalue weighted by molar-refractivity contribution is 5.95. The third-order valence-electron chi connectivity index (χ3n) is 3.34. The number of hydrogen-bond acceptors (Lipinski definition) is 4. The second-order valence-corrected chi connectivity index (χ2v) is 4.82. The second kappa shape index (κ2) is 7.13. The molecule has 0 aromatic heterocycles. The van der Waals surface area contributed by atoms with Gasteiger partial charge >= 0.3 is 0 Å². The zero-order valence-electron chi connectivity index (χ0n) is 11.2. The molecule has 4 nitrogen and oxygen atoms in total. The van der Waals surface area contributed by atoms with Crippen LogP contribution in [-0.2, 0) is 4.74 Å². The fourth-order valence-corrected chi connectivity index (χ4v) is 2.23. The van der Waals surface area contributed by atoms with Crippen LogP contribution in [0.15, 0.2) is 24.3 Å². The molecule has 0 bridgehead atoms. The van der Waals surface area contributed by atoms with Crippen molar-refractivity contribution in [1.82, 2.24) is 4.90 Å². The zero-order chi connectivity index (χ0) is 14.4. The Hall–Kier alpha value is -1.77. The number of nitrogens with zero attached hydrogens (tertiary/aromatic N) is 2. The first-order valence-corrected chi connectivity index (χ1v) is 6.71. The van der Waals surface area contributed by atoms with Gasteiger partial charge in [0.1, 0.15) is 5.82 Å². The smallest absolute Gasteiger partial charge is 0.162 e. The van der Waals surface area contributed by atoms with Gasteiger partial charge in [0.25, 0.3) is 0 Å². The predicted molar refractivity (Wildman–Crippen MR) is 71.8 cm³/mol. The fourth-order valence-electron chi connectivity index (χ4n) is 2.23. The number of benzene rings is 1. The van der Waals surface area contributed by atoms with E-state index in [0.717, 1.165) is 19.5 Å². The molecule has 20 heavy (non-hydrogen) atoms. The monoisotopic (exact) mass is 276 g/mol. The van der Waals surface area contributed by atoms with E-state index in [0.29, 0.717) is 25.1 Å². The molecule has 1 atom stereocenters. The molecule has 0 amide bonds. The van der Waals surface area contributed by atoms with Gasteiger partial charge in [0.2, 0.25) is 0 Å². The number of carbonyl (C=O) groups excluding carboxylic acids is 1. The van der Waals surface area contributed by atoms with Crippen molar-refractivity contribution in [2.45, 2.75) is 18.9 Å². The summed E-state index contributed by atoms with van der Waals surface area (Å²) >= 11 is 0. The summed E-state index contributed by atoms with van der Waals surface area (Å²) in [4.78, 5) is 14.0. The van der Waals surface area contributed by atoms with Crippen molar-refractivity contribution in [3.05, 3.63) is 35.6 Å².